The second-order valence-electron chi connectivity index (χ2n) is 10.8. The molecule has 0 radical (unpaired) electrons. The molecule has 3 aliphatic carbocycles. The minimum absolute atomic E-state index is 0. The molecule has 0 unspecified atom stereocenters. The van der Waals surface area contributed by atoms with Crippen molar-refractivity contribution in [3.8, 4) is 0 Å². The Morgan fingerprint density at radius 3 is 1.06 bits per heavy atom. The van der Waals surface area contributed by atoms with Gasteiger partial charge >= 0.3 is 0 Å². The normalized spacial score (nSPS) is 19.5. The zero-order valence-electron chi connectivity index (χ0n) is 24.8. The summed E-state index contributed by atoms with van der Waals surface area (Å²) >= 11 is 0. The summed E-state index contributed by atoms with van der Waals surface area (Å²) in [5.41, 5.74) is 0. The van der Waals surface area contributed by atoms with Crippen LogP contribution in [0, 0.1) is 35.5 Å². The molecule has 0 heteroatoms. The van der Waals surface area contributed by atoms with E-state index in [4.69, 9.17) is 0 Å². The van der Waals surface area contributed by atoms with Gasteiger partial charge in [0.05, 0.1) is 0 Å². The van der Waals surface area contributed by atoms with Crippen molar-refractivity contribution < 1.29 is 0 Å². The summed E-state index contributed by atoms with van der Waals surface area (Å²) in [6.45, 7) is 21.6. The van der Waals surface area contributed by atoms with E-state index >= 15 is 0 Å². The van der Waals surface area contributed by atoms with Gasteiger partial charge in [0.25, 0.3) is 0 Å². The Morgan fingerprint density at radius 2 is 0.788 bits per heavy atom. The van der Waals surface area contributed by atoms with Crippen LogP contribution in [-0.4, -0.2) is 0 Å². The van der Waals surface area contributed by atoms with Crippen molar-refractivity contribution in [3.63, 3.8) is 0 Å². The molecule has 0 aromatic heterocycles. The molecule has 204 valence electrons. The third-order valence-corrected chi connectivity index (χ3v) is 7.69. The average Bonchev–Trinajstić information content (AvgIpc) is 2.85. The smallest absolute Gasteiger partial charge is 0.0334 e. The first-order chi connectivity index (χ1) is 15.6. The van der Waals surface area contributed by atoms with Gasteiger partial charge in [-0.3, -0.25) is 0 Å². The summed E-state index contributed by atoms with van der Waals surface area (Å²) < 4.78 is 0. The fourth-order valence-electron chi connectivity index (χ4n) is 6.60. The summed E-state index contributed by atoms with van der Waals surface area (Å²) in [4.78, 5) is 0. The maximum Gasteiger partial charge on any atom is -0.0334 e. The number of hydrogen-bond donors (Lipinski definition) is 0. The molecule has 0 nitrogen and oxygen atoms in total. The molecule has 0 bridgehead atoms. The van der Waals surface area contributed by atoms with E-state index in [1.165, 1.54) is 77.0 Å². The molecule has 3 aliphatic rings. The average molecular weight is 469 g/mol. The summed E-state index contributed by atoms with van der Waals surface area (Å²) in [5.74, 6) is 6.14. The van der Waals surface area contributed by atoms with Gasteiger partial charge in [0.2, 0.25) is 0 Å². The summed E-state index contributed by atoms with van der Waals surface area (Å²) in [6, 6.07) is 0. The predicted molar refractivity (Wildman–Crippen MR) is 158 cm³/mol. The lowest BCUT2D eigenvalue weighted by molar-refractivity contribution is 0.102. The van der Waals surface area contributed by atoms with E-state index in [1.54, 1.807) is 25.7 Å². The van der Waals surface area contributed by atoms with Crippen LogP contribution in [0.5, 0.6) is 0 Å². The highest BCUT2D eigenvalue weighted by Gasteiger charge is 2.33. The van der Waals surface area contributed by atoms with Crippen LogP contribution in [0.25, 0.3) is 0 Å². The van der Waals surface area contributed by atoms with Gasteiger partial charge in [-0.15, -0.1) is 0 Å². The molecule has 33 heavy (non-hydrogen) atoms. The molecular formula is C33H72. The lowest BCUT2D eigenvalue weighted by Gasteiger charge is -2.40. The first-order valence-corrected chi connectivity index (χ1v) is 15.6. The van der Waals surface area contributed by atoms with Crippen molar-refractivity contribution in [2.45, 2.75) is 179 Å². The fourth-order valence-corrected chi connectivity index (χ4v) is 6.60. The standard InChI is InChI=1S/C16H30.C10H20.3C2H6.CH4/c1-13(2)16(14-9-5-3-6-10-14)15-11-7-4-8-12-15;1-9(2)8-10-6-4-3-5-7-10;3*1-2;/h13-16H,3-12H2,1-2H3;9-10H,3-8H2,1-2H3;3*1-2H3;1H4. The van der Waals surface area contributed by atoms with Crippen LogP contribution < -0.4 is 0 Å². The van der Waals surface area contributed by atoms with E-state index in [2.05, 4.69) is 27.7 Å². The van der Waals surface area contributed by atoms with Gasteiger partial charge in [-0.2, -0.15) is 0 Å². The molecule has 0 aromatic carbocycles. The third kappa shape index (κ3) is 18.0. The second-order valence-corrected chi connectivity index (χ2v) is 10.8. The molecular weight excluding hydrogens is 396 g/mol. The molecule has 3 saturated carbocycles. The van der Waals surface area contributed by atoms with E-state index in [0.717, 1.165) is 35.5 Å². The van der Waals surface area contributed by atoms with Gasteiger partial charge < -0.3 is 0 Å². The fraction of sp³-hybridized carbons (Fsp3) is 1.00. The molecule has 0 spiro atoms. The lowest BCUT2D eigenvalue weighted by atomic mass is 9.65. The summed E-state index contributed by atoms with van der Waals surface area (Å²) in [5, 5.41) is 0. The highest BCUT2D eigenvalue weighted by atomic mass is 14.4. The van der Waals surface area contributed by atoms with Crippen LogP contribution >= 0.6 is 0 Å². The Morgan fingerprint density at radius 1 is 0.485 bits per heavy atom. The molecule has 0 N–H and O–H groups in total. The van der Waals surface area contributed by atoms with E-state index < -0.39 is 0 Å². The number of hydrogen-bond acceptors (Lipinski definition) is 0. The van der Waals surface area contributed by atoms with E-state index in [1.807, 2.05) is 41.5 Å². The van der Waals surface area contributed by atoms with Gasteiger partial charge in [-0.1, -0.05) is 173 Å². The van der Waals surface area contributed by atoms with Crippen molar-refractivity contribution in [1.82, 2.24) is 0 Å². The third-order valence-electron chi connectivity index (χ3n) is 7.69. The first kappa shape index (κ1) is 37.5. The van der Waals surface area contributed by atoms with Gasteiger partial charge in [0, 0.05) is 0 Å². The summed E-state index contributed by atoms with van der Waals surface area (Å²) in [6.07, 6.45) is 24.2. The highest BCUT2D eigenvalue weighted by molar-refractivity contribution is 4.83. The molecule has 0 saturated heterocycles. The Kier molecular flexibility index (Phi) is 30.3. The van der Waals surface area contributed by atoms with E-state index in [0.29, 0.717) is 0 Å². The first-order valence-electron chi connectivity index (χ1n) is 15.6. The molecule has 3 fully saturated rings. The quantitative estimate of drug-likeness (QED) is 0.376. The molecule has 0 heterocycles. The van der Waals surface area contributed by atoms with Crippen molar-refractivity contribution in [1.29, 1.82) is 0 Å². The Hall–Kier alpha value is 0. The summed E-state index contributed by atoms with van der Waals surface area (Å²) in [7, 11) is 0. The molecule has 0 aromatic rings. The van der Waals surface area contributed by atoms with E-state index in [-0.39, 0.29) is 7.43 Å². The Balaban J connectivity index is -0.000000459. The van der Waals surface area contributed by atoms with Gasteiger partial charge in [-0.25, -0.2) is 0 Å². The van der Waals surface area contributed by atoms with E-state index in [9.17, 15) is 0 Å². The second kappa shape index (κ2) is 26.6. The van der Waals surface area contributed by atoms with Crippen LogP contribution in [0.2, 0.25) is 0 Å². The van der Waals surface area contributed by atoms with Gasteiger partial charge in [0.15, 0.2) is 0 Å². The topological polar surface area (TPSA) is 0 Å². The maximum atomic E-state index is 2.48. The largest absolute Gasteiger partial charge is 0.0776 e. The lowest BCUT2D eigenvalue weighted by Crippen LogP contribution is -2.31. The van der Waals surface area contributed by atoms with Crippen molar-refractivity contribution in [2.75, 3.05) is 0 Å². The minimum Gasteiger partial charge on any atom is -0.0776 e. The van der Waals surface area contributed by atoms with Crippen LogP contribution in [0.4, 0.5) is 0 Å². The van der Waals surface area contributed by atoms with Crippen molar-refractivity contribution >= 4 is 0 Å². The zero-order valence-corrected chi connectivity index (χ0v) is 24.8. The highest BCUT2D eigenvalue weighted by Crippen LogP contribution is 2.43. The molecule has 0 atom stereocenters. The SMILES string of the molecule is C.CC.CC.CC.CC(C)C(C1CCCCC1)C1CCCCC1.CC(C)CC1CCCCC1. The van der Waals surface area contributed by atoms with Gasteiger partial charge in [0.1, 0.15) is 0 Å². The number of rotatable bonds is 5. The molecule has 3 rings (SSSR count). The maximum absolute atomic E-state index is 2.48. The van der Waals surface area contributed by atoms with Crippen molar-refractivity contribution in [2.24, 2.45) is 35.5 Å². The Bertz CT molecular complexity index is 306. The van der Waals surface area contributed by atoms with Crippen LogP contribution in [0.1, 0.15) is 179 Å². The van der Waals surface area contributed by atoms with Crippen LogP contribution in [0.3, 0.4) is 0 Å². The van der Waals surface area contributed by atoms with Crippen LogP contribution in [-0.2, 0) is 0 Å². The predicted octanol–water partition coefficient (Wildman–Crippen LogP) is 12.7. The minimum atomic E-state index is 0. The molecule has 0 aliphatic heterocycles. The monoisotopic (exact) mass is 469 g/mol. The van der Waals surface area contributed by atoms with Crippen LogP contribution in [0.15, 0.2) is 0 Å². The van der Waals surface area contributed by atoms with Crippen molar-refractivity contribution in [3.05, 3.63) is 0 Å². The van der Waals surface area contributed by atoms with Gasteiger partial charge in [-0.05, 0) is 41.9 Å². The Labute approximate surface area is 214 Å². The zero-order chi connectivity index (χ0) is 24.8. The molecule has 0 amide bonds.